The van der Waals surface area contributed by atoms with E-state index in [-0.39, 0.29) is 5.91 Å². The first-order chi connectivity index (χ1) is 9.04. The summed E-state index contributed by atoms with van der Waals surface area (Å²) in [6.45, 7) is 5.36. The van der Waals surface area contributed by atoms with Crippen molar-refractivity contribution in [1.82, 2.24) is 10.2 Å². The predicted octanol–water partition coefficient (Wildman–Crippen LogP) is 2.93. The lowest BCUT2D eigenvalue weighted by Gasteiger charge is -2.15. The molecule has 0 fully saturated rings. The fourth-order valence-corrected chi connectivity index (χ4v) is 2.57. The first-order valence-corrected chi connectivity index (χ1v) is 7.69. The van der Waals surface area contributed by atoms with E-state index in [1.165, 1.54) is 5.56 Å². The number of hydrogen-bond acceptors (Lipinski definition) is 3. The van der Waals surface area contributed by atoms with Gasteiger partial charge in [0.2, 0.25) is 5.91 Å². The van der Waals surface area contributed by atoms with Crippen LogP contribution in [0.15, 0.2) is 29.2 Å². The second-order valence-corrected chi connectivity index (χ2v) is 5.87. The summed E-state index contributed by atoms with van der Waals surface area (Å²) in [5.41, 5.74) is 1.27. The Balaban J connectivity index is 2.59. The number of nitrogens with one attached hydrogen (secondary N) is 1. The van der Waals surface area contributed by atoms with E-state index in [4.69, 9.17) is 0 Å². The zero-order valence-corrected chi connectivity index (χ0v) is 13.1. The quantitative estimate of drug-likeness (QED) is 0.779. The first kappa shape index (κ1) is 16.1. The standard InChI is InChI=1S/C15H24N2OS/c1-5-9-16-12(2)13-7-6-8-14(10-13)19-11-15(18)17(3)4/h6-8,10,12,16H,5,9,11H2,1-4H3. The van der Waals surface area contributed by atoms with Crippen molar-refractivity contribution in [3.63, 3.8) is 0 Å². The van der Waals surface area contributed by atoms with Gasteiger partial charge in [-0.2, -0.15) is 0 Å². The van der Waals surface area contributed by atoms with E-state index in [9.17, 15) is 4.79 Å². The van der Waals surface area contributed by atoms with Gasteiger partial charge in [0.05, 0.1) is 5.75 Å². The maximum absolute atomic E-state index is 11.6. The van der Waals surface area contributed by atoms with Crippen LogP contribution in [-0.4, -0.2) is 37.2 Å². The van der Waals surface area contributed by atoms with Crippen molar-refractivity contribution < 1.29 is 4.79 Å². The molecule has 1 aromatic rings. The maximum Gasteiger partial charge on any atom is 0.232 e. The van der Waals surface area contributed by atoms with E-state index in [2.05, 4.69) is 43.4 Å². The minimum atomic E-state index is 0.146. The van der Waals surface area contributed by atoms with Crippen LogP contribution in [0.3, 0.4) is 0 Å². The highest BCUT2D eigenvalue weighted by Gasteiger charge is 2.07. The zero-order valence-electron chi connectivity index (χ0n) is 12.3. The summed E-state index contributed by atoms with van der Waals surface area (Å²) in [5.74, 6) is 0.639. The molecule has 0 saturated heterocycles. The van der Waals surface area contributed by atoms with E-state index in [0.29, 0.717) is 11.8 Å². The van der Waals surface area contributed by atoms with Crippen LogP contribution in [0.2, 0.25) is 0 Å². The van der Waals surface area contributed by atoms with Crippen LogP contribution < -0.4 is 5.32 Å². The van der Waals surface area contributed by atoms with Gasteiger partial charge in [0, 0.05) is 25.0 Å². The number of rotatable bonds is 7. The molecule has 3 nitrogen and oxygen atoms in total. The topological polar surface area (TPSA) is 32.3 Å². The molecule has 0 spiro atoms. The van der Waals surface area contributed by atoms with Crippen LogP contribution in [-0.2, 0) is 4.79 Å². The summed E-state index contributed by atoms with van der Waals surface area (Å²) in [6.07, 6.45) is 1.14. The summed E-state index contributed by atoms with van der Waals surface area (Å²) < 4.78 is 0. The minimum absolute atomic E-state index is 0.146. The number of nitrogens with zero attached hydrogens (tertiary/aromatic N) is 1. The van der Waals surface area contributed by atoms with E-state index < -0.39 is 0 Å². The fraction of sp³-hybridized carbons (Fsp3) is 0.533. The molecule has 0 heterocycles. The Morgan fingerprint density at radius 3 is 2.79 bits per heavy atom. The SMILES string of the molecule is CCCNC(C)c1cccc(SCC(=O)N(C)C)c1. The van der Waals surface area contributed by atoms with Gasteiger partial charge in [-0.1, -0.05) is 19.1 Å². The largest absolute Gasteiger partial charge is 0.348 e. The van der Waals surface area contributed by atoms with Crippen molar-refractivity contribution in [2.75, 3.05) is 26.4 Å². The number of amides is 1. The lowest BCUT2D eigenvalue weighted by atomic mass is 10.1. The molecule has 0 saturated carbocycles. The third-order valence-electron chi connectivity index (χ3n) is 2.92. The summed E-state index contributed by atoms with van der Waals surface area (Å²) >= 11 is 1.59. The van der Waals surface area contributed by atoms with Crippen LogP contribution in [0.4, 0.5) is 0 Å². The predicted molar refractivity (Wildman–Crippen MR) is 82.6 cm³/mol. The lowest BCUT2D eigenvalue weighted by molar-refractivity contribution is -0.125. The minimum Gasteiger partial charge on any atom is -0.348 e. The van der Waals surface area contributed by atoms with Crippen LogP contribution in [0.1, 0.15) is 31.9 Å². The molecule has 1 N–H and O–H groups in total. The molecule has 1 unspecified atom stereocenters. The fourth-order valence-electron chi connectivity index (χ4n) is 1.63. The number of carbonyl (C=O) groups excluding carboxylic acids is 1. The van der Waals surface area contributed by atoms with Crippen molar-refractivity contribution >= 4 is 17.7 Å². The Kier molecular flexibility index (Phi) is 6.95. The van der Waals surface area contributed by atoms with Gasteiger partial charge in [0.25, 0.3) is 0 Å². The smallest absolute Gasteiger partial charge is 0.232 e. The van der Waals surface area contributed by atoms with Gasteiger partial charge >= 0.3 is 0 Å². The van der Waals surface area contributed by atoms with Crippen molar-refractivity contribution in [3.8, 4) is 0 Å². The molecule has 1 rings (SSSR count). The summed E-state index contributed by atoms with van der Waals surface area (Å²) in [7, 11) is 3.58. The molecule has 0 bridgehead atoms. The van der Waals surface area contributed by atoms with E-state index in [1.807, 2.05) is 0 Å². The van der Waals surface area contributed by atoms with Gasteiger partial charge in [0.15, 0.2) is 0 Å². The first-order valence-electron chi connectivity index (χ1n) is 6.71. The number of carbonyl (C=O) groups is 1. The van der Waals surface area contributed by atoms with Crippen molar-refractivity contribution in [3.05, 3.63) is 29.8 Å². The molecule has 19 heavy (non-hydrogen) atoms. The molecule has 106 valence electrons. The van der Waals surface area contributed by atoms with Gasteiger partial charge in [-0.05, 0) is 37.6 Å². The molecule has 0 radical (unpaired) electrons. The summed E-state index contributed by atoms with van der Waals surface area (Å²) in [4.78, 5) is 14.3. The Labute approximate surface area is 120 Å². The van der Waals surface area contributed by atoms with Crippen LogP contribution in [0.5, 0.6) is 0 Å². The Morgan fingerprint density at radius 1 is 1.42 bits per heavy atom. The molecule has 0 aliphatic heterocycles. The highest BCUT2D eigenvalue weighted by molar-refractivity contribution is 8.00. The number of hydrogen-bond donors (Lipinski definition) is 1. The van der Waals surface area contributed by atoms with Gasteiger partial charge in [-0.25, -0.2) is 0 Å². The summed E-state index contributed by atoms with van der Waals surface area (Å²) in [5, 5.41) is 3.47. The third-order valence-corrected chi connectivity index (χ3v) is 3.90. The average Bonchev–Trinajstić information content (AvgIpc) is 2.42. The summed E-state index contributed by atoms with van der Waals surface area (Å²) in [6, 6.07) is 8.77. The zero-order chi connectivity index (χ0) is 14.3. The lowest BCUT2D eigenvalue weighted by Crippen LogP contribution is -2.23. The molecule has 4 heteroatoms. The molecule has 1 aromatic carbocycles. The van der Waals surface area contributed by atoms with E-state index >= 15 is 0 Å². The van der Waals surface area contributed by atoms with Gasteiger partial charge < -0.3 is 10.2 Å². The van der Waals surface area contributed by atoms with E-state index in [0.717, 1.165) is 17.9 Å². The molecular formula is C15H24N2OS. The Bertz CT molecular complexity index is 407. The third kappa shape index (κ3) is 5.66. The second-order valence-electron chi connectivity index (χ2n) is 4.83. The second kappa shape index (κ2) is 8.23. The van der Waals surface area contributed by atoms with Gasteiger partial charge in [-0.3, -0.25) is 4.79 Å². The highest BCUT2D eigenvalue weighted by Crippen LogP contribution is 2.22. The Morgan fingerprint density at radius 2 is 2.16 bits per heavy atom. The monoisotopic (exact) mass is 280 g/mol. The molecule has 0 aliphatic carbocycles. The van der Waals surface area contributed by atoms with Crippen LogP contribution >= 0.6 is 11.8 Å². The Hall–Kier alpha value is -1.00. The van der Waals surface area contributed by atoms with Gasteiger partial charge in [0.1, 0.15) is 0 Å². The van der Waals surface area contributed by atoms with Crippen molar-refractivity contribution in [1.29, 1.82) is 0 Å². The number of thioether (sulfide) groups is 1. The normalized spacial score (nSPS) is 12.2. The number of benzene rings is 1. The van der Waals surface area contributed by atoms with Gasteiger partial charge in [-0.15, -0.1) is 11.8 Å². The molecule has 0 aliphatic rings. The van der Waals surface area contributed by atoms with Crippen LogP contribution in [0.25, 0.3) is 0 Å². The molecule has 0 aromatic heterocycles. The van der Waals surface area contributed by atoms with E-state index in [1.54, 1.807) is 30.8 Å². The van der Waals surface area contributed by atoms with Crippen molar-refractivity contribution in [2.45, 2.75) is 31.2 Å². The van der Waals surface area contributed by atoms with Crippen molar-refractivity contribution in [2.24, 2.45) is 0 Å². The van der Waals surface area contributed by atoms with Crippen LogP contribution in [0, 0.1) is 0 Å². The maximum atomic E-state index is 11.6. The molecule has 1 atom stereocenters. The average molecular weight is 280 g/mol. The molecule has 1 amide bonds. The highest BCUT2D eigenvalue weighted by atomic mass is 32.2. The molecular weight excluding hydrogens is 256 g/mol.